The van der Waals surface area contributed by atoms with Crippen molar-refractivity contribution < 1.29 is 9.90 Å². The van der Waals surface area contributed by atoms with Gasteiger partial charge in [-0.05, 0) is 30.7 Å². The van der Waals surface area contributed by atoms with Gasteiger partial charge in [0.1, 0.15) is 5.54 Å². The smallest absolute Gasteiger partial charge is 0.324 e. The quantitative estimate of drug-likeness (QED) is 0.897. The number of hydrogen-bond donors (Lipinski definition) is 2. The summed E-state index contributed by atoms with van der Waals surface area (Å²) in [5, 5.41) is 12.3. The molecule has 1 aliphatic carbocycles. The molecule has 2 atom stereocenters. The molecule has 0 spiro atoms. The Hall–Kier alpha value is -0.580. The van der Waals surface area contributed by atoms with E-state index >= 15 is 0 Å². The Bertz CT molecular complexity index is 409. The highest BCUT2D eigenvalue weighted by Crippen LogP contribution is 2.51. The van der Waals surface area contributed by atoms with E-state index in [0.29, 0.717) is 13.0 Å². The summed E-state index contributed by atoms with van der Waals surface area (Å²) in [7, 11) is 0. The van der Waals surface area contributed by atoms with Crippen LogP contribution in [0.4, 0.5) is 0 Å². The minimum absolute atomic E-state index is 0. The van der Waals surface area contributed by atoms with Crippen molar-refractivity contribution in [2.45, 2.75) is 24.8 Å². The van der Waals surface area contributed by atoms with Crippen LogP contribution in [0.5, 0.6) is 0 Å². The van der Waals surface area contributed by atoms with E-state index in [1.165, 1.54) is 0 Å². The summed E-state index contributed by atoms with van der Waals surface area (Å²) in [6, 6.07) is 7.87. The van der Waals surface area contributed by atoms with Crippen molar-refractivity contribution in [3.8, 4) is 0 Å². The lowest BCUT2D eigenvalue weighted by Gasteiger charge is -2.13. The van der Waals surface area contributed by atoms with Gasteiger partial charge in [0.05, 0.1) is 0 Å². The number of benzene rings is 1. The maximum absolute atomic E-state index is 11.3. The summed E-state index contributed by atoms with van der Waals surface area (Å²) >= 11 is 3.37. The number of nitrogens with one attached hydrogen (secondary N) is 1. The second-order valence-electron chi connectivity index (χ2n) is 4.12. The van der Waals surface area contributed by atoms with Crippen molar-refractivity contribution in [1.29, 1.82) is 0 Å². The van der Waals surface area contributed by atoms with Gasteiger partial charge in [0.15, 0.2) is 0 Å². The fourth-order valence-corrected chi connectivity index (χ4v) is 2.45. The Morgan fingerprint density at radius 3 is 2.59 bits per heavy atom. The van der Waals surface area contributed by atoms with Crippen molar-refractivity contribution in [3.05, 3.63) is 34.3 Å². The van der Waals surface area contributed by atoms with Gasteiger partial charge in [0.25, 0.3) is 0 Å². The van der Waals surface area contributed by atoms with Crippen LogP contribution in [-0.4, -0.2) is 23.2 Å². The fourth-order valence-electron chi connectivity index (χ4n) is 2.18. The zero-order chi connectivity index (χ0) is 11.8. The van der Waals surface area contributed by atoms with E-state index in [-0.39, 0.29) is 18.3 Å². The summed E-state index contributed by atoms with van der Waals surface area (Å²) in [6.45, 7) is 2.61. The lowest BCUT2D eigenvalue weighted by Crippen LogP contribution is -2.40. The molecule has 2 unspecified atom stereocenters. The number of rotatable bonds is 4. The average Bonchev–Trinajstić information content (AvgIpc) is 2.96. The Kier molecular flexibility index (Phi) is 4.58. The van der Waals surface area contributed by atoms with Crippen LogP contribution in [0.15, 0.2) is 28.7 Å². The predicted octanol–water partition coefficient (Wildman–Crippen LogP) is 2.79. The van der Waals surface area contributed by atoms with Crippen LogP contribution in [0.1, 0.15) is 24.8 Å². The Labute approximate surface area is 115 Å². The molecule has 1 aromatic rings. The Morgan fingerprint density at radius 2 is 2.12 bits per heavy atom. The first-order chi connectivity index (χ1) is 7.60. The summed E-state index contributed by atoms with van der Waals surface area (Å²) in [6.07, 6.45) is 0.678. The lowest BCUT2D eigenvalue weighted by atomic mass is 10.1. The van der Waals surface area contributed by atoms with E-state index in [1.807, 2.05) is 31.2 Å². The number of hydrogen-bond acceptors (Lipinski definition) is 2. The molecule has 1 aliphatic rings. The van der Waals surface area contributed by atoms with Crippen LogP contribution in [0.2, 0.25) is 0 Å². The first-order valence-electron chi connectivity index (χ1n) is 5.34. The molecule has 1 saturated carbocycles. The topological polar surface area (TPSA) is 49.3 Å². The highest BCUT2D eigenvalue weighted by atomic mass is 79.9. The molecule has 1 fully saturated rings. The van der Waals surface area contributed by atoms with Crippen LogP contribution >= 0.6 is 28.3 Å². The van der Waals surface area contributed by atoms with Gasteiger partial charge in [0, 0.05) is 10.4 Å². The maximum Gasteiger partial charge on any atom is 0.324 e. The number of carbonyl (C=O) groups is 1. The van der Waals surface area contributed by atoms with Crippen molar-refractivity contribution >= 4 is 34.3 Å². The van der Waals surface area contributed by atoms with E-state index < -0.39 is 11.5 Å². The predicted molar refractivity (Wildman–Crippen MR) is 72.8 cm³/mol. The third-order valence-corrected chi connectivity index (χ3v) is 3.64. The molecular weight excluding hydrogens is 305 g/mol. The number of carboxylic acid groups (broad SMARTS) is 1. The second-order valence-corrected chi connectivity index (χ2v) is 5.03. The Morgan fingerprint density at radius 1 is 1.53 bits per heavy atom. The minimum atomic E-state index is -0.748. The second kappa shape index (κ2) is 5.38. The van der Waals surface area contributed by atoms with Crippen LogP contribution < -0.4 is 5.32 Å². The summed E-state index contributed by atoms with van der Waals surface area (Å²) in [4.78, 5) is 11.3. The van der Waals surface area contributed by atoms with E-state index in [9.17, 15) is 9.90 Å². The molecule has 1 aromatic carbocycles. The highest BCUT2D eigenvalue weighted by molar-refractivity contribution is 9.10. The van der Waals surface area contributed by atoms with Gasteiger partial charge in [-0.2, -0.15) is 0 Å². The number of likely N-dealkylation sites (N-methyl/N-ethyl adjacent to an activating group) is 1. The van der Waals surface area contributed by atoms with Crippen LogP contribution in [0, 0.1) is 0 Å². The van der Waals surface area contributed by atoms with E-state index in [4.69, 9.17) is 0 Å². The van der Waals surface area contributed by atoms with Gasteiger partial charge < -0.3 is 10.4 Å². The molecule has 0 heterocycles. The average molecular weight is 321 g/mol. The van der Waals surface area contributed by atoms with Crippen molar-refractivity contribution in [2.75, 3.05) is 6.54 Å². The molecule has 0 saturated heterocycles. The maximum atomic E-state index is 11.3. The minimum Gasteiger partial charge on any atom is -0.480 e. The highest BCUT2D eigenvalue weighted by Gasteiger charge is 2.60. The molecule has 2 N–H and O–H groups in total. The third-order valence-electron chi connectivity index (χ3n) is 3.11. The van der Waals surface area contributed by atoms with Crippen LogP contribution in [-0.2, 0) is 4.79 Å². The molecule has 94 valence electrons. The first kappa shape index (κ1) is 14.5. The fraction of sp³-hybridized carbons (Fsp3) is 0.417. The number of halogens is 2. The van der Waals surface area contributed by atoms with E-state index in [0.717, 1.165) is 10.0 Å². The van der Waals surface area contributed by atoms with Gasteiger partial charge >= 0.3 is 5.97 Å². The summed E-state index contributed by atoms with van der Waals surface area (Å²) in [5.41, 5.74) is 0.356. The van der Waals surface area contributed by atoms with Crippen LogP contribution in [0.3, 0.4) is 0 Å². The zero-order valence-corrected chi connectivity index (χ0v) is 11.8. The molecule has 0 aromatic heterocycles. The zero-order valence-electron chi connectivity index (χ0n) is 9.44. The van der Waals surface area contributed by atoms with Crippen LogP contribution in [0.25, 0.3) is 0 Å². The molecule has 2 rings (SSSR count). The molecular formula is C12H15BrClNO2. The number of carboxylic acids is 1. The monoisotopic (exact) mass is 319 g/mol. The standard InChI is InChI=1S/C12H14BrNO2.ClH/c1-2-14-12(11(15)16)7-10(12)8-3-5-9(13)6-4-8;/h3-6,10,14H,2,7H2,1H3,(H,15,16);1H. The SMILES string of the molecule is CCNC1(C(=O)O)CC1c1ccc(Br)cc1.Cl. The van der Waals surface area contributed by atoms with Crippen molar-refractivity contribution in [1.82, 2.24) is 5.32 Å². The van der Waals surface area contributed by atoms with Gasteiger partial charge in [-0.3, -0.25) is 4.79 Å². The largest absolute Gasteiger partial charge is 0.480 e. The van der Waals surface area contributed by atoms with E-state index in [1.54, 1.807) is 0 Å². The summed E-state index contributed by atoms with van der Waals surface area (Å²) < 4.78 is 1.02. The number of aliphatic carboxylic acids is 1. The van der Waals surface area contributed by atoms with Gasteiger partial charge in [-0.15, -0.1) is 12.4 Å². The first-order valence-corrected chi connectivity index (χ1v) is 6.13. The molecule has 0 amide bonds. The molecule has 0 bridgehead atoms. The molecule has 17 heavy (non-hydrogen) atoms. The van der Waals surface area contributed by atoms with Crippen molar-refractivity contribution in [2.24, 2.45) is 0 Å². The van der Waals surface area contributed by atoms with Gasteiger partial charge in [-0.25, -0.2) is 0 Å². The molecule has 0 radical (unpaired) electrons. The Balaban J connectivity index is 0.00000144. The van der Waals surface area contributed by atoms with Gasteiger partial charge in [0.2, 0.25) is 0 Å². The molecule has 5 heteroatoms. The normalized spacial score (nSPS) is 26.1. The molecule has 0 aliphatic heterocycles. The van der Waals surface area contributed by atoms with Gasteiger partial charge in [-0.1, -0.05) is 35.0 Å². The lowest BCUT2D eigenvalue weighted by molar-refractivity contribution is -0.140. The van der Waals surface area contributed by atoms with E-state index in [2.05, 4.69) is 21.2 Å². The third kappa shape index (κ3) is 2.64. The summed E-state index contributed by atoms with van der Waals surface area (Å²) in [5.74, 6) is -0.652. The van der Waals surface area contributed by atoms with Crippen molar-refractivity contribution in [3.63, 3.8) is 0 Å². The molecule has 3 nitrogen and oxygen atoms in total.